The Morgan fingerprint density at radius 1 is 0.917 bits per heavy atom. The number of nitrogens with zero attached hydrogens (tertiary/aromatic N) is 1. The zero-order valence-electron chi connectivity index (χ0n) is 26.7. The van der Waals surface area contributed by atoms with Crippen LogP contribution in [0.15, 0.2) is 36.4 Å². The number of anilines is 2. The second-order valence-corrected chi connectivity index (χ2v) is 12.1. The van der Waals surface area contributed by atoms with E-state index in [1.807, 2.05) is 6.26 Å². The van der Waals surface area contributed by atoms with Crippen molar-refractivity contribution in [3.63, 3.8) is 0 Å². The zero-order valence-corrected chi connectivity index (χ0v) is 28.3. The molecule has 0 aliphatic carbocycles. The Bertz CT molecular complexity index is 1540. The van der Waals surface area contributed by atoms with Gasteiger partial charge in [-0.15, -0.1) is 0 Å². The molecule has 16 heteroatoms. The van der Waals surface area contributed by atoms with Crippen LogP contribution >= 0.6 is 23.4 Å². The third kappa shape index (κ3) is 11.9. The molecule has 0 fully saturated rings. The van der Waals surface area contributed by atoms with Crippen LogP contribution in [0.4, 0.5) is 11.4 Å². The molecule has 0 saturated carbocycles. The van der Waals surface area contributed by atoms with E-state index in [0.29, 0.717) is 36.1 Å². The summed E-state index contributed by atoms with van der Waals surface area (Å²) in [7, 11) is 0. The molecule has 2 rings (SSSR count). The Kier molecular flexibility index (Phi) is 15.9. The number of aromatic carboxylic acids is 1. The number of rotatable bonds is 18. The minimum atomic E-state index is -1.82. The molecule has 6 N–H and O–H groups in total. The normalized spacial score (nSPS) is 11.9. The fourth-order valence-corrected chi connectivity index (χ4v) is 5.42. The number of halogens is 1. The lowest BCUT2D eigenvalue weighted by Gasteiger charge is -2.26. The first-order valence-corrected chi connectivity index (χ1v) is 16.7. The maximum atomic E-state index is 13.1. The van der Waals surface area contributed by atoms with Crippen LogP contribution in [-0.4, -0.2) is 87.5 Å². The number of hydrogen-bond acceptors (Lipinski definition) is 8. The van der Waals surface area contributed by atoms with Crippen LogP contribution in [0.1, 0.15) is 61.0 Å². The SMILES string of the molecule is CCc1cc(C[C@H](NC(C)=O)C(=O)NCCCCC(=O)N[C@@H](CCSC)C(=O)O)ccc1N(C(=O)C(=O)O)c1cc(Cl)ccc1C(=O)O. The van der Waals surface area contributed by atoms with Crippen molar-refractivity contribution < 1.29 is 48.9 Å². The lowest BCUT2D eigenvalue weighted by atomic mass is 9.99. The number of amides is 4. The second-order valence-electron chi connectivity index (χ2n) is 10.7. The predicted octanol–water partition coefficient (Wildman–Crippen LogP) is 3.01. The third-order valence-corrected chi connectivity index (χ3v) is 7.97. The number of carboxylic acids is 3. The Balaban J connectivity index is 2.19. The molecule has 2 atom stereocenters. The number of thioether (sulfide) groups is 1. The standard InChI is InChI=1S/C32H39ClN4O10S/c1-4-20-15-19(8-11-25(20)37(29(41)32(46)47)26-17-21(33)9-10-22(26)30(42)43)16-24(35-18(2)38)28(40)34-13-6-5-7-27(39)36-23(31(44)45)12-14-48-3/h8-11,15,17,23-24H,4-7,12-14,16H2,1-3H3,(H,34,40)(H,35,38)(H,36,39)(H,42,43)(H,44,45)(H,46,47)/t23-,24-/m0/s1. The van der Waals surface area contributed by atoms with Gasteiger partial charge in [0.05, 0.1) is 16.9 Å². The molecule has 0 aliphatic rings. The number of benzene rings is 2. The van der Waals surface area contributed by atoms with Gasteiger partial charge in [-0.1, -0.05) is 30.7 Å². The quantitative estimate of drug-likeness (QED) is 0.0977. The van der Waals surface area contributed by atoms with Crippen LogP contribution in [0.25, 0.3) is 0 Å². The van der Waals surface area contributed by atoms with Crippen molar-refractivity contribution >= 4 is 76.3 Å². The smallest absolute Gasteiger partial charge is 0.395 e. The zero-order chi connectivity index (χ0) is 36.0. The Morgan fingerprint density at radius 2 is 1.62 bits per heavy atom. The number of carboxylic acid groups (broad SMARTS) is 3. The Labute approximate surface area is 286 Å². The van der Waals surface area contributed by atoms with Gasteiger partial charge in [-0.2, -0.15) is 11.8 Å². The van der Waals surface area contributed by atoms with Crippen molar-refractivity contribution in [3.8, 4) is 0 Å². The highest BCUT2D eigenvalue weighted by Gasteiger charge is 2.30. The van der Waals surface area contributed by atoms with Crippen LogP contribution in [0.5, 0.6) is 0 Å². The van der Waals surface area contributed by atoms with E-state index >= 15 is 0 Å². The fourth-order valence-electron chi connectivity index (χ4n) is 4.78. The average Bonchev–Trinajstić information content (AvgIpc) is 3.02. The summed E-state index contributed by atoms with van der Waals surface area (Å²) >= 11 is 7.56. The summed E-state index contributed by atoms with van der Waals surface area (Å²) in [5.74, 6) is -6.51. The van der Waals surface area contributed by atoms with Gasteiger partial charge in [0, 0.05) is 31.3 Å². The first-order chi connectivity index (χ1) is 22.7. The Morgan fingerprint density at radius 3 is 2.21 bits per heavy atom. The van der Waals surface area contributed by atoms with Crippen LogP contribution in [0.2, 0.25) is 5.02 Å². The van der Waals surface area contributed by atoms with E-state index < -0.39 is 53.6 Å². The van der Waals surface area contributed by atoms with Gasteiger partial charge >= 0.3 is 23.8 Å². The number of aryl methyl sites for hydroxylation is 1. The molecule has 260 valence electrons. The van der Waals surface area contributed by atoms with E-state index in [2.05, 4.69) is 16.0 Å². The lowest BCUT2D eigenvalue weighted by molar-refractivity contribution is -0.148. The monoisotopic (exact) mass is 706 g/mol. The van der Waals surface area contributed by atoms with Gasteiger partial charge in [-0.05, 0) is 73.1 Å². The molecule has 0 saturated heterocycles. The van der Waals surface area contributed by atoms with Crippen molar-refractivity contribution in [1.82, 2.24) is 16.0 Å². The van der Waals surface area contributed by atoms with E-state index in [-0.39, 0.29) is 47.8 Å². The summed E-state index contributed by atoms with van der Waals surface area (Å²) in [6.07, 6.45) is 3.33. The number of carbonyl (C=O) groups is 7. The van der Waals surface area contributed by atoms with Crippen LogP contribution in [0, 0.1) is 0 Å². The number of nitrogens with one attached hydrogen (secondary N) is 3. The molecule has 0 aliphatic heterocycles. The third-order valence-electron chi connectivity index (χ3n) is 7.09. The van der Waals surface area contributed by atoms with Crippen molar-refractivity contribution in [2.24, 2.45) is 0 Å². The highest BCUT2D eigenvalue weighted by atomic mass is 35.5. The molecule has 0 heterocycles. The highest BCUT2D eigenvalue weighted by molar-refractivity contribution is 7.98. The average molecular weight is 707 g/mol. The van der Waals surface area contributed by atoms with Gasteiger partial charge in [-0.3, -0.25) is 24.1 Å². The molecule has 2 aromatic carbocycles. The molecule has 14 nitrogen and oxygen atoms in total. The predicted molar refractivity (Wildman–Crippen MR) is 180 cm³/mol. The summed E-state index contributed by atoms with van der Waals surface area (Å²) < 4.78 is 0. The molecule has 0 aromatic heterocycles. The maximum absolute atomic E-state index is 13.1. The fraction of sp³-hybridized carbons (Fsp3) is 0.406. The number of carbonyl (C=O) groups excluding carboxylic acids is 4. The summed E-state index contributed by atoms with van der Waals surface area (Å²) in [4.78, 5) is 85.9. The molecular formula is C32H39ClN4O10S. The van der Waals surface area contributed by atoms with Gasteiger partial charge < -0.3 is 31.3 Å². The second kappa shape index (κ2) is 19.3. The largest absolute Gasteiger partial charge is 0.480 e. The summed E-state index contributed by atoms with van der Waals surface area (Å²) in [6, 6.07) is 6.28. The molecular weight excluding hydrogens is 668 g/mol. The molecule has 48 heavy (non-hydrogen) atoms. The van der Waals surface area contributed by atoms with Gasteiger partial charge in [0.2, 0.25) is 17.7 Å². The summed E-state index contributed by atoms with van der Waals surface area (Å²) in [5.41, 5.74) is 0.524. The van der Waals surface area contributed by atoms with Gasteiger partial charge in [0.15, 0.2) is 0 Å². The number of aliphatic carboxylic acids is 2. The minimum Gasteiger partial charge on any atom is -0.480 e. The molecule has 2 aromatic rings. The first-order valence-electron chi connectivity index (χ1n) is 15.0. The first kappa shape index (κ1) is 39.5. The van der Waals surface area contributed by atoms with Gasteiger partial charge in [0.25, 0.3) is 0 Å². The number of hydrogen-bond donors (Lipinski definition) is 6. The lowest BCUT2D eigenvalue weighted by Crippen LogP contribution is -2.47. The summed E-state index contributed by atoms with van der Waals surface area (Å²) in [6.45, 7) is 3.18. The molecule has 0 radical (unpaired) electrons. The Hall–Kier alpha value is -4.63. The van der Waals surface area contributed by atoms with Gasteiger partial charge in [-0.25, -0.2) is 14.4 Å². The number of unbranched alkanes of at least 4 members (excludes halogenated alkanes) is 1. The molecule has 0 spiro atoms. The molecule has 0 unspecified atom stereocenters. The topological polar surface area (TPSA) is 220 Å². The van der Waals surface area contributed by atoms with E-state index in [1.165, 1.54) is 43.0 Å². The van der Waals surface area contributed by atoms with Crippen molar-refractivity contribution in [2.45, 2.75) is 64.5 Å². The van der Waals surface area contributed by atoms with E-state index in [4.69, 9.17) is 11.6 Å². The van der Waals surface area contributed by atoms with Crippen molar-refractivity contribution in [3.05, 3.63) is 58.1 Å². The van der Waals surface area contributed by atoms with Crippen molar-refractivity contribution in [1.29, 1.82) is 0 Å². The van der Waals surface area contributed by atoms with Crippen molar-refractivity contribution in [2.75, 3.05) is 23.5 Å². The van der Waals surface area contributed by atoms with Crippen LogP contribution in [0.3, 0.4) is 0 Å². The maximum Gasteiger partial charge on any atom is 0.395 e. The van der Waals surface area contributed by atoms with E-state index in [9.17, 15) is 48.9 Å². The summed E-state index contributed by atoms with van der Waals surface area (Å²) in [5, 5.41) is 36.5. The van der Waals surface area contributed by atoms with Crippen LogP contribution in [-0.2, 0) is 41.6 Å². The molecule has 4 amide bonds. The molecule has 0 bridgehead atoms. The minimum absolute atomic E-state index is 0.0259. The highest BCUT2D eigenvalue weighted by Crippen LogP contribution is 2.35. The van der Waals surface area contributed by atoms with E-state index in [1.54, 1.807) is 13.0 Å². The van der Waals surface area contributed by atoms with E-state index in [0.717, 1.165) is 11.0 Å². The van der Waals surface area contributed by atoms with Crippen LogP contribution < -0.4 is 20.9 Å². The van der Waals surface area contributed by atoms with Gasteiger partial charge in [0.1, 0.15) is 12.1 Å².